The van der Waals surface area contributed by atoms with Crippen LogP contribution in [0.4, 0.5) is 0 Å². The molecule has 0 amide bonds. The number of ketones is 1. The van der Waals surface area contributed by atoms with Crippen molar-refractivity contribution in [2.75, 3.05) is 0 Å². The fraction of sp³-hybridized carbons (Fsp3) is 0.667. The zero-order valence-corrected chi connectivity index (χ0v) is 13.4. The number of carbonyl (C=O) groups excluding carboxylic acids is 1. The van der Waals surface area contributed by atoms with Crippen molar-refractivity contribution >= 4 is 11.8 Å². The molecule has 0 rings (SSSR count). The number of hydrogen-bond donors (Lipinski definition) is 1. The van der Waals surface area contributed by atoms with E-state index in [9.17, 15) is 9.59 Å². The Morgan fingerprint density at radius 3 is 1.95 bits per heavy atom. The van der Waals surface area contributed by atoms with Gasteiger partial charge in [-0.1, -0.05) is 43.6 Å². The molecule has 0 bridgehead atoms. The standard InChI is InChI=1S/C18H30O3/c1-17(19)15-13-11-9-7-5-3-2-4-6-8-10-12-14-16-18(20)21/h2-3,7,9H,4-6,8,10-16H2,1H3,(H,20,21)/b3-2-,9-7-. The van der Waals surface area contributed by atoms with Gasteiger partial charge in [-0.25, -0.2) is 0 Å². The van der Waals surface area contributed by atoms with Crippen molar-refractivity contribution in [3.05, 3.63) is 24.3 Å². The minimum Gasteiger partial charge on any atom is -0.481 e. The molecule has 0 saturated carbocycles. The lowest BCUT2D eigenvalue weighted by Crippen LogP contribution is -1.93. The first kappa shape index (κ1) is 19.6. The predicted molar refractivity (Wildman–Crippen MR) is 87.4 cm³/mol. The molecule has 0 heterocycles. The summed E-state index contributed by atoms with van der Waals surface area (Å²) in [6, 6.07) is 0. The van der Waals surface area contributed by atoms with Crippen LogP contribution < -0.4 is 0 Å². The first-order chi connectivity index (χ1) is 10.1. The molecule has 0 spiro atoms. The van der Waals surface area contributed by atoms with Crippen LogP contribution in [-0.2, 0) is 9.59 Å². The number of allylic oxidation sites excluding steroid dienone is 4. The van der Waals surface area contributed by atoms with Gasteiger partial charge >= 0.3 is 5.97 Å². The lowest BCUT2D eigenvalue weighted by atomic mass is 10.1. The van der Waals surface area contributed by atoms with E-state index in [1.807, 2.05) is 0 Å². The zero-order valence-electron chi connectivity index (χ0n) is 13.4. The Morgan fingerprint density at radius 1 is 0.762 bits per heavy atom. The first-order valence-corrected chi connectivity index (χ1v) is 8.14. The zero-order chi connectivity index (χ0) is 15.8. The Morgan fingerprint density at radius 2 is 1.33 bits per heavy atom. The monoisotopic (exact) mass is 294 g/mol. The number of aliphatic carboxylic acids is 1. The normalized spacial score (nSPS) is 11.5. The number of rotatable bonds is 14. The molecule has 3 heteroatoms. The van der Waals surface area contributed by atoms with Gasteiger partial charge in [0, 0.05) is 12.8 Å². The minimum absolute atomic E-state index is 0.270. The Labute approximate surface area is 129 Å². The van der Waals surface area contributed by atoms with Gasteiger partial charge in [-0.05, 0) is 45.4 Å². The van der Waals surface area contributed by atoms with Gasteiger partial charge in [0.25, 0.3) is 0 Å². The summed E-state index contributed by atoms with van der Waals surface area (Å²) in [6.07, 6.45) is 19.1. The van der Waals surface area contributed by atoms with E-state index in [0.717, 1.165) is 44.9 Å². The summed E-state index contributed by atoms with van der Waals surface area (Å²) in [4.78, 5) is 21.0. The Hall–Kier alpha value is -1.38. The average Bonchev–Trinajstić information content (AvgIpc) is 2.42. The van der Waals surface area contributed by atoms with Crippen molar-refractivity contribution < 1.29 is 14.7 Å². The number of carboxylic acids is 1. The van der Waals surface area contributed by atoms with E-state index in [1.54, 1.807) is 6.92 Å². The number of carbonyl (C=O) groups is 2. The molecule has 0 aliphatic carbocycles. The van der Waals surface area contributed by atoms with E-state index in [1.165, 1.54) is 12.8 Å². The Balaban J connectivity index is 3.23. The quantitative estimate of drug-likeness (QED) is 0.360. The topological polar surface area (TPSA) is 54.4 Å². The lowest BCUT2D eigenvalue weighted by Gasteiger charge is -1.98. The van der Waals surface area contributed by atoms with Gasteiger partial charge in [-0.2, -0.15) is 0 Å². The third-order valence-electron chi connectivity index (χ3n) is 3.27. The van der Waals surface area contributed by atoms with Gasteiger partial charge in [0.2, 0.25) is 0 Å². The summed E-state index contributed by atoms with van der Waals surface area (Å²) >= 11 is 0. The van der Waals surface area contributed by atoms with E-state index >= 15 is 0 Å². The largest absolute Gasteiger partial charge is 0.481 e. The summed E-state index contributed by atoms with van der Waals surface area (Å²) in [6.45, 7) is 1.64. The van der Waals surface area contributed by atoms with E-state index in [-0.39, 0.29) is 5.78 Å². The fourth-order valence-corrected chi connectivity index (χ4v) is 2.04. The molecule has 1 N–H and O–H groups in total. The van der Waals surface area contributed by atoms with E-state index in [0.29, 0.717) is 12.8 Å². The van der Waals surface area contributed by atoms with Crippen molar-refractivity contribution in [3.8, 4) is 0 Å². The molecule has 0 aromatic rings. The van der Waals surface area contributed by atoms with Crippen LogP contribution in [0.15, 0.2) is 24.3 Å². The van der Waals surface area contributed by atoms with Crippen LogP contribution in [-0.4, -0.2) is 16.9 Å². The summed E-state index contributed by atoms with van der Waals surface area (Å²) < 4.78 is 0. The molecule has 0 unspecified atom stereocenters. The predicted octanol–water partition coefficient (Wildman–Crippen LogP) is 5.06. The molecule has 0 aliphatic rings. The number of unbranched alkanes of at least 4 members (excludes halogenated alkanes) is 6. The summed E-state index contributed by atoms with van der Waals surface area (Å²) in [5.74, 6) is -0.418. The van der Waals surface area contributed by atoms with Crippen molar-refractivity contribution in [1.82, 2.24) is 0 Å². The maximum absolute atomic E-state index is 10.7. The van der Waals surface area contributed by atoms with Crippen LogP contribution in [0.1, 0.15) is 77.6 Å². The number of hydrogen-bond acceptors (Lipinski definition) is 2. The molecular weight excluding hydrogens is 264 g/mol. The second-order valence-corrected chi connectivity index (χ2v) is 5.47. The van der Waals surface area contributed by atoms with Gasteiger partial charge in [0.1, 0.15) is 5.78 Å². The minimum atomic E-state index is -0.688. The van der Waals surface area contributed by atoms with E-state index in [2.05, 4.69) is 24.3 Å². The average molecular weight is 294 g/mol. The van der Waals surface area contributed by atoms with Crippen molar-refractivity contribution in [1.29, 1.82) is 0 Å². The molecule has 0 saturated heterocycles. The van der Waals surface area contributed by atoms with Gasteiger partial charge in [0.15, 0.2) is 0 Å². The molecule has 21 heavy (non-hydrogen) atoms. The SMILES string of the molecule is CC(=O)CCC/C=C\C/C=C\CCCCCCCC(=O)O. The molecule has 0 aromatic heterocycles. The van der Waals surface area contributed by atoms with Crippen LogP contribution >= 0.6 is 0 Å². The van der Waals surface area contributed by atoms with E-state index < -0.39 is 5.97 Å². The second kappa shape index (κ2) is 15.0. The van der Waals surface area contributed by atoms with Crippen LogP contribution in [0.5, 0.6) is 0 Å². The molecular formula is C18H30O3. The second-order valence-electron chi connectivity index (χ2n) is 5.47. The van der Waals surface area contributed by atoms with Crippen LogP contribution in [0.25, 0.3) is 0 Å². The van der Waals surface area contributed by atoms with Gasteiger partial charge in [0.05, 0.1) is 0 Å². The molecule has 3 nitrogen and oxygen atoms in total. The highest BCUT2D eigenvalue weighted by Gasteiger charge is 1.95. The van der Waals surface area contributed by atoms with Crippen LogP contribution in [0, 0.1) is 0 Å². The van der Waals surface area contributed by atoms with Gasteiger partial charge in [-0.15, -0.1) is 0 Å². The van der Waals surface area contributed by atoms with Crippen LogP contribution in [0.2, 0.25) is 0 Å². The lowest BCUT2D eigenvalue weighted by molar-refractivity contribution is -0.137. The molecule has 0 aliphatic heterocycles. The smallest absolute Gasteiger partial charge is 0.303 e. The number of Topliss-reactive ketones (excluding diaryl/α,β-unsaturated/α-hetero) is 1. The Bertz CT molecular complexity index is 329. The molecule has 0 fully saturated rings. The van der Waals surface area contributed by atoms with E-state index in [4.69, 9.17) is 5.11 Å². The highest BCUT2D eigenvalue weighted by atomic mass is 16.4. The Kier molecular flexibility index (Phi) is 14.0. The molecule has 0 radical (unpaired) electrons. The third kappa shape index (κ3) is 18.6. The van der Waals surface area contributed by atoms with Crippen molar-refractivity contribution in [2.24, 2.45) is 0 Å². The summed E-state index contributed by atoms with van der Waals surface area (Å²) in [5.41, 5.74) is 0. The van der Waals surface area contributed by atoms with Gasteiger partial charge < -0.3 is 9.90 Å². The van der Waals surface area contributed by atoms with Gasteiger partial charge in [-0.3, -0.25) is 4.79 Å². The fourth-order valence-electron chi connectivity index (χ4n) is 2.04. The highest BCUT2D eigenvalue weighted by Crippen LogP contribution is 2.07. The molecule has 0 atom stereocenters. The van der Waals surface area contributed by atoms with Crippen molar-refractivity contribution in [3.63, 3.8) is 0 Å². The third-order valence-corrected chi connectivity index (χ3v) is 3.27. The van der Waals surface area contributed by atoms with Crippen LogP contribution in [0.3, 0.4) is 0 Å². The molecule has 0 aromatic carbocycles. The highest BCUT2D eigenvalue weighted by molar-refractivity contribution is 5.75. The molecule has 120 valence electrons. The summed E-state index contributed by atoms with van der Waals surface area (Å²) in [7, 11) is 0. The van der Waals surface area contributed by atoms with Crippen molar-refractivity contribution in [2.45, 2.75) is 77.6 Å². The maximum atomic E-state index is 10.7. The number of carboxylic acid groups (broad SMARTS) is 1. The first-order valence-electron chi connectivity index (χ1n) is 8.14. The summed E-state index contributed by atoms with van der Waals surface area (Å²) in [5, 5.41) is 8.50. The maximum Gasteiger partial charge on any atom is 0.303 e.